The highest BCUT2D eigenvalue weighted by Crippen LogP contribution is 2.19. The van der Waals surface area contributed by atoms with Crippen molar-refractivity contribution < 1.29 is 14.9 Å². The van der Waals surface area contributed by atoms with Gasteiger partial charge in [-0.15, -0.1) is 0 Å². The Bertz CT molecular complexity index is 737. The minimum absolute atomic E-state index is 0.216. The van der Waals surface area contributed by atoms with Gasteiger partial charge in [0, 0.05) is 39.3 Å². The summed E-state index contributed by atoms with van der Waals surface area (Å²) in [6.45, 7) is 4.67. The van der Waals surface area contributed by atoms with E-state index >= 15 is 0 Å². The SMILES string of the molecule is CN(CCCO)Cc1cccc(OCC(O)CN2CCc3ccccc3C2)c1. The zero-order chi connectivity index (χ0) is 19.8. The van der Waals surface area contributed by atoms with Crippen LogP contribution >= 0.6 is 0 Å². The summed E-state index contributed by atoms with van der Waals surface area (Å²) in [4.78, 5) is 4.47. The zero-order valence-corrected chi connectivity index (χ0v) is 16.8. The molecular formula is C23H32N2O3. The lowest BCUT2D eigenvalue weighted by molar-refractivity contribution is 0.0637. The molecule has 0 spiro atoms. The van der Waals surface area contributed by atoms with Crippen LogP contribution in [0.2, 0.25) is 0 Å². The second-order valence-electron chi connectivity index (χ2n) is 7.68. The van der Waals surface area contributed by atoms with Gasteiger partial charge in [0.25, 0.3) is 0 Å². The van der Waals surface area contributed by atoms with E-state index < -0.39 is 6.10 Å². The van der Waals surface area contributed by atoms with Crippen molar-refractivity contribution in [2.24, 2.45) is 0 Å². The highest BCUT2D eigenvalue weighted by Gasteiger charge is 2.18. The van der Waals surface area contributed by atoms with Crippen molar-refractivity contribution in [1.82, 2.24) is 9.80 Å². The van der Waals surface area contributed by atoms with Crippen molar-refractivity contribution >= 4 is 0 Å². The monoisotopic (exact) mass is 384 g/mol. The van der Waals surface area contributed by atoms with E-state index in [0.717, 1.165) is 44.8 Å². The van der Waals surface area contributed by atoms with Crippen LogP contribution in [0.15, 0.2) is 48.5 Å². The standard InChI is InChI=1S/C23H32N2O3/c1-24(11-5-13-26)15-19-6-4-9-23(14-19)28-18-22(27)17-25-12-10-20-7-2-3-8-21(20)16-25/h2-4,6-9,14,22,26-27H,5,10-13,15-18H2,1H3. The molecule has 0 aliphatic carbocycles. The van der Waals surface area contributed by atoms with Crippen molar-refractivity contribution in [2.75, 3.05) is 39.9 Å². The van der Waals surface area contributed by atoms with Gasteiger partial charge in [-0.25, -0.2) is 0 Å². The smallest absolute Gasteiger partial charge is 0.119 e. The van der Waals surface area contributed by atoms with Crippen LogP contribution in [0.3, 0.4) is 0 Å². The van der Waals surface area contributed by atoms with Crippen molar-refractivity contribution in [2.45, 2.75) is 32.0 Å². The predicted octanol–water partition coefficient (Wildman–Crippen LogP) is 2.30. The molecule has 28 heavy (non-hydrogen) atoms. The second kappa shape index (κ2) is 10.6. The molecule has 0 saturated heterocycles. The minimum atomic E-state index is -0.513. The van der Waals surface area contributed by atoms with Crippen molar-refractivity contribution in [3.63, 3.8) is 0 Å². The molecule has 5 heteroatoms. The fourth-order valence-electron chi connectivity index (χ4n) is 3.72. The quantitative estimate of drug-likeness (QED) is 0.658. The van der Waals surface area contributed by atoms with Crippen LogP contribution in [0.1, 0.15) is 23.1 Å². The fourth-order valence-corrected chi connectivity index (χ4v) is 3.72. The molecule has 1 atom stereocenters. The molecule has 0 saturated carbocycles. The Balaban J connectivity index is 1.44. The normalized spacial score (nSPS) is 15.4. The first-order valence-corrected chi connectivity index (χ1v) is 10.1. The second-order valence-corrected chi connectivity index (χ2v) is 7.68. The molecular weight excluding hydrogens is 352 g/mol. The highest BCUT2D eigenvalue weighted by molar-refractivity contribution is 5.29. The van der Waals surface area contributed by atoms with Crippen molar-refractivity contribution in [3.8, 4) is 5.75 Å². The van der Waals surface area contributed by atoms with Gasteiger partial charge in [0.1, 0.15) is 18.5 Å². The largest absolute Gasteiger partial charge is 0.491 e. The van der Waals surface area contributed by atoms with Gasteiger partial charge in [-0.2, -0.15) is 0 Å². The van der Waals surface area contributed by atoms with Crippen LogP contribution in [-0.2, 0) is 19.5 Å². The number of ether oxygens (including phenoxy) is 1. The number of fused-ring (bicyclic) bond motifs is 1. The summed E-state index contributed by atoms with van der Waals surface area (Å²) in [5.41, 5.74) is 3.95. The molecule has 152 valence electrons. The summed E-state index contributed by atoms with van der Waals surface area (Å²) in [7, 11) is 2.05. The molecule has 5 nitrogen and oxygen atoms in total. The average Bonchev–Trinajstić information content (AvgIpc) is 2.71. The molecule has 0 bridgehead atoms. The first-order valence-electron chi connectivity index (χ1n) is 10.1. The Morgan fingerprint density at radius 2 is 1.96 bits per heavy atom. The number of nitrogens with zero attached hydrogens (tertiary/aromatic N) is 2. The van der Waals surface area contributed by atoms with Crippen LogP contribution in [0.4, 0.5) is 0 Å². The molecule has 0 radical (unpaired) electrons. The van der Waals surface area contributed by atoms with Crippen LogP contribution in [0.5, 0.6) is 5.75 Å². The molecule has 2 aromatic carbocycles. The van der Waals surface area contributed by atoms with Gasteiger partial charge < -0.3 is 19.8 Å². The van der Waals surface area contributed by atoms with E-state index in [4.69, 9.17) is 9.84 Å². The van der Waals surface area contributed by atoms with E-state index in [2.05, 4.69) is 40.1 Å². The van der Waals surface area contributed by atoms with E-state index in [0.29, 0.717) is 13.2 Å². The molecule has 3 rings (SSSR count). The van der Waals surface area contributed by atoms with Gasteiger partial charge in [-0.05, 0) is 48.7 Å². The first-order chi connectivity index (χ1) is 13.6. The van der Waals surface area contributed by atoms with Crippen LogP contribution in [0, 0.1) is 0 Å². The van der Waals surface area contributed by atoms with Crippen LogP contribution < -0.4 is 4.74 Å². The van der Waals surface area contributed by atoms with Crippen molar-refractivity contribution in [3.05, 3.63) is 65.2 Å². The average molecular weight is 385 g/mol. The third-order valence-corrected chi connectivity index (χ3v) is 5.17. The maximum atomic E-state index is 10.4. The highest BCUT2D eigenvalue weighted by atomic mass is 16.5. The Morgan fingerprint density at radius 3 is 2.79 bits per heavy atom. The molecule has 1 unspecified atom stereocenters. The topological polar surface area (TPSA) is 56.2 Å². The summed E-state index contributed by atoms with van der Waals surface area (Å²) >= 11 is 0. The molecule has 0 fully saturated rings. The number of aliphatic hydroxyl groups excluding tert-OH is 2. The van der Waals surface area contributed by atoms with Gasteiger partial charge in [0.2, 0.25) is 0 Å². The molecule has 0 amide bonds. The fraction of sp³-hybridized carbons (Fsp3) is 0.478. The van der Waals surface area contributed by atoms with E-state index in [9.17, 15) is 5.11 Å². The van der Waals surface area contributed by atoms with E-state index in [1.54, 1.807) is 0 Å². The number of β-amino-alcohol motifs (C(OH)–C–C–N with tert-alkyl or cyclic N) is 1. The molecule has 0 aromatic heterocycles. The van der Waals surface area contributed by atoms with Gasteiger partial charge >= 0.3 is 0 Å². The maximum absolute atomic E-state index is 10.4. The first kappa shape index (κ1) is 20.8. The molecule has 1 aliphatic rings. The van der Waals surface area contributed by atoms with Crippen LogP contribution in [0.25, 0.3) is 0 Å². The summed E-state index contributed by atoms with van der Waals surface area (Å²) < 4.78 is 5.85. The summed E-state index contributed by atoms with van der Waals surface area (Å²) in [6.07, 6.45) is 1.30. The Kier molecular flexibility index (Phi) is 7.86. The van der Waals surface area contributed by atoms with E-state index in [1.165, 1.54) is 16.7 Å². The van der Waals surface area contributed by atoms with Gasteiger partial charge in [-0.1, -0.05) is 36.4 Å². The molecule has 2 N–H and O–H groups in total. The molecule has 1 aliphatic heterocycles. The lowest BCUT2D eigenvalue weighted by Gasteiger charge is -2.30. The number of rotatable bonds is 10. The van der Waals surface area contributed by atoms with Gasteiger partial charge in [-0.3, -0.25) is 4.90 Å². The number of benzene rings is 2. The Hall–Kier alpha value is -1.92. The van der Waals surface area contributed by atoms with E-state index in [1.807, 2.05) is 25.2 Å². The lowest BCUT2D eigenvalue weighted by atomic mass is 10.00. The maximum Gasteiger partial charge on any atom is 0.119 e. The summed E-state index contributed by atoms with van der Waals surface area (Å²) in [5, 5.41) is 19.4. The lowest BCUT2D eigenvalue weighted by Crippen LogP contribution is -2.38. The number of aliphatic hydroxyl groups is 2. The number of hydrogen-bond acceptors (Lipinski definition) is 5. The Labute approximate surface area is 168 Å². The molecule has 2 aromatic rings. The predicted molar refractivity (Wildman–Crippen MR) is 111 cm³/mol. The number of hydrogen-bond donors (Lipinski definition) is 2. The third-order valence-electron chi connectivity index (χ3n) is 5.17. The summed E-state index contributed by atoms with van der Waals surface area (Å²) in [5.74, 6) is 0.788. The Morgan fingerprint density at radius 1 is 1.14 bits per heavy atom. The van der Waals surface area contributed by atoms with Crippen molar-refractivity contribution in [1.29, 1.82) is 0 Å². The van der Waals surface area contributed by atoms with Gasteiger partial charge in [0.15, 0.2) is 0 Å². The van der Waals surface area contributed by atoms with Crippen LogP contribution in [-0.4, -0.2) is 66.0 Å². The van der Waals surface area contributed by atoms with E-state index in [-0.39, 0.29) is 6.61 Å². The van der Waals surface area contributed by atoms with Gasteiger partial charge in [0.05, 0.1) is 0 Å². The summed E-state index contributed by atoms with van der Waals surface area (Å²) in [6, 6.07) is 16.6. The molecule has 1 heterocycles. The minimum Gasteiger partial charge on any atom is -0.491 e. The third kappa shape index (κ3) is 6.31. The zero-order valence-electron chi connectivity index (χ0n) is 16.8.